The first-order chi connectivity index (χ1) is 20.6. The van der Waals surface area contributed by atoms with E-state index in [1.165, 1.54) is 62.0 Å². The third-order valence-corrected chi connectivity index (χ3v) is 9.94. The van der Waals surface area contributed by atoms with Crippen molar-refractivity contribution in [1.82, 2.24) is 14.8 Å². The van der Waals surface area contributed by atoms with E-state index in [0.717, 1.165) is 9.87 Å². The second kappa shape index (κ2) is 11.1. The van der Waals surface area contributed by atoms with E-state index in [2.05, 4.69) is 4.98 Å². The van der Waals surface area contributed by atoms with Gasteiger partial charge in [0.25, 0.3) is 15.9 Å². The predicted octanol–water partition coefficient (Wildman–Crippen LogP) is 5.35. The molecule has 1 aromatic heterocycles. The molecule has 2 aliphatic rings. The number of anilines is 1. The number of hydrogen-bond acceptors (Lipinski definition) is 8. The molecular formula is C31H30ClFN4O5S. The van der Waals surface area contributed by atoms with E-state index in [9.17, 15) is 8.42 Å². The predicted molar refractivity (Wildman–Crippen MR) is 159 cm³/mol. The number of sulfonamides is 1. The third-order valence-electron chi connectivity index (χ3n) is 8.00. The zero-order chi connectivity index (χ0) is 30.5. The summed E-state index contributed by atoms with van der Waals surface area (Å²) in [6, 6.07) is 14.4. The van der Waals surface area contributed by atoms with Crippen molar-refractivity contribution in [3.8, 4) is 5.75 Å². The van der Waals surface area contributed by atoms with Gasteiger partial charge in [0.05, 0.1) is 29.9 Å². The Labute approximate surface area is 254 Å². The normalized spacial score (nSPS) is 20.7. The number of methoxy groups -OCH3 is 1. The molecule has 1 amide bonds. The molecule has 0 aliphatic carbocycles. The largest absolute Gasteiger partial charge is 0.497 e. The minimum atomic E-state index is -4.47. The maximum Gasteiger partial charge on any atom is 0.271 e. The molecule has 224 valence electrons. The smallest absolute Gasteiger partial charge is 0.271 e. The molecule has 1 saturated heterocycles. The highest BCUT2D eigenvalue weighted by molar-refractivity contribution is 7.93. The number of likely N-dealkylation sites (tertiary alicyclic amines) is 1. The summed E-state index contributed by atoms with van der Waals surface area (Å²) in [5.74, 6) is -0.670. The van der Waals surface area contributed by atoms with Gasteiger partial charge in [-0.05, 0) is 87.1 Å². The number of halogens is 2. The molecule has 6 rings (SSSR count). The summed E-state index contributed by atoms with van der Waals surface area (Å²) in [7, 11) is 0.773. The van der Waals surface area contributed by atoms with Crippen LogP contribution >= 0.6 is 11.6 Å². The number of carbonyl (C=O) groups excluding carboxylic acids is 1. The minimum absolute atomic E-state index is 0.0336. The second-order valence-electron chi connectivity index (χ2n) is 10.9. The molecule has 1 fully saturated rings. The summed E-state index contributed by atoms with van der Waals surface area (Å²) >= 11 is 6.54. The van der Waals surface area contributed by atoms with Gasteiger partial charge in [-0.2, -0.15) is 0 Å². The fourth-order valence-corrected chi connectivity index (χ4v) is 7.90. The fourth-order valence-electron chi connectivity index (χ4n) is 6.27. The Morgan fingerprint density at radius 3 is 2.56 bits per heavy atom. The number of hydrogen-bond donors (Lipinski definition) is 0. The van der Waals surface area contributed by atoms with Crippen LogP contribution in [-0.2, 0) is 26.9 Å². The first-order valence-electron chi connectivity index (χ1n) is 13.7. The molecule has 43 heavy (non-hydrogen) atoms. The summed E-state index contributed by atoms with van der Waals surface area (Å²) in [6.45, 7) is 0.815. The number of nitrogens with zero attached hydrogens (tertiary/aromatic N) is 4. The molecule has 0 spiro atoms. The van der Waals surface area contributed by atoms with Crippen molar-refractivity contribution in [1.29, 1.82) is 0 Å². The molecular weight excluding hydrogens is 595 g/mol. The standard InChI is InChI=1S/C31H30ClFN4O5S/c1-35(2)19-20-6-12-26(33)24(17-20)31(36-15-4-5-28(36)29-34-14-16-42-29)25-18-21(32)7-13-27(25)37(30(31)38)43(39,40)23-10-8-22(41-3)9-11-23/h6-14,16-18,28H,4-5,15,19H2,1-3H3/t28-,31?/m0/s1. The molecule has 9 nitrogen and oxygen atoms in total. The summed E-state index contributed by atoms with van der Waals surface area (Å²) in [6.07, 6.45) is 4.16. The van der Waals surface area contributed by atoms with Crippen molar-refractivity contribution in [3.05, 3.63) is 107 Å². The van der Waals surface area contributed by atoms with Crippen LogP contribution in [0.5, 0.6) is 5.75 Å². The fraction of sp³-hybridized carbons (Fsp3) is 0.290. The summed E-state index contributed by atoms with van der Waals surface area (Å²) in [4.78, 5) is 23.1. The number of ether oxygens (including phenoxy) is 1. The third kappa shape index (κ3) is 4.71. The summed E-state index contributed by atoms with van der Waals surface area (Å²) in [5.41, 5.74) is -0.754. The summed E-state index contributed by atoms with van der Waals surface area (Å²) in [5, 5.41) is 0.274. The molecule has 3 aromatic carbocycles. The van der Waals surface area contributed by atoms with Gasteiger partial charge in [0.1, 0.15) is 17.8 Å². The molecule has 2 aliphatic heterocycles. The lowest BCUT2D eigenvalue weighted by Crippen LogP contribution is -2.55. The van der Waals surface area contributed by atoms with Crippen LogP contribution in [0.25, 0.3) is 0 Å². The number of oxazole rings is 1. The van der Waals surface area contributed by atoms with Crippen LogP contribution in [0.4, 0.5) is 10.1 Å². The van der Waals surface area contributed by atoms with Crippen LogP contribution in [-0.4, -0.2) is 56.9 Å². The summed E-state index contributed by atoms with van der Waals surface area (Å²) < 4.78 is 56.6. The lowest BCUT2D eigenvalue weighted by Gasteiger charge is -2.41. The van der Waals surface area contributed by atoms with Crippen molar-refractivity contribution in [2.75, 3.05) is 32.1 Å². The average molecular weight is 625 g/mol. The highest BCUT2D eigenvalue weighted by atomic mass is 35.5. The van der Waals surface area contributed by atoms with Gasteiger partial charge in [0, 0.05) is 29.2 Å². The molecule has 3 heterocycles. The monoisotopic (exact) mass is 624 g/mol. The highest BCUT2D eigenvalue weighted by Gasteiger charge is 2.62. The number of carbonyl (C=O) groups is 1. The van der Waals surface area contributed by atoms with Gasteiger partial charge in [0.2, 0.25) is 5.89 Å². The molecule has 0 saturated carbocycles. The first-order valence-corrected chi connectivity index (χ1v) is 15.5. The Morgan fingerprint density at radius 1 is 1.12 bits per heavy atom. The maximum absolute atomic E-state index is 16.3. The second-order valence-corrected chi connectivity index (χ2v) is 13.1. The van der Waals surface area contributed by atoms with E-state index in [1.807, 2.05) is 23.9 Å². The number of benzene rings is 3. The Balaban J connectivity index is 1.65. The molecule has 0 N–H and O–H groups in total. The van der Waals surface area contributed by atoms with Crippen LogP contribution in [0.1, 0.15) is 41.5 Å². The van der Waals surface area contributed by atoms with E-state index >= 15 is 9.18 Å². The van der Waals surface area contributed by atoms with Crippen molar-refractivity contribution in [3.63, 3.8) is 0 Å². The van der Waals surface area contributed by atoms with Crippen LogP contribution in [0.2, 0.25) is 5.02 Å². The molecule has 12 heteroatoms. The quantitative estimate of drug-likeness (QED) is 0.259. The van der Waals surface area contributed by atoms with Crippen LogP contribution in [0.15, 0.2) is 82.4 Å². The van der Waals surface area contributed by atoms with Gasteiger partial charge in [-0.1, -0.05) is 17.7 Å². The average Bonchev–Trinajstić information content (AvgIpc) is 3.73. The van der Waals surface area contributed by atoms with Crippen molar-refractivity contribution >= 4 is 33.2 Å². The van der Waals surface area contributed by atoms with E-state index in [4.69, 9.17) is 20.8 Å². The Kier molecular flexibility index (Phi) is 7.54. The molecule has 1 unspecified atom stereocenters. The Morgan fingerprint density at radius 2 is 1.88 bits per heavy atom. The number of rotatable bonds is 8. The van der Waals surface area contributed by atoms with Crippen LogP contribution in [0, 0.1) is 5.82 Å². The van der Waals surface area contributed by atoms with E-state index < -0.39 is 33.3 Å². The molecule has 0 bridgehead atoms. The SMILES string of the molecule is COc1ccc(S(=O)(=O)N2C(=O)C(c3cc(CN(C)C)ccc3F)(N3CCC[C@H]3c3ncco3)c3cc(Cl)ccc32)cc1. The number of aromatic nitrogens is 1. The van der Waals surface area contributed by atoms with Gasteiger partial charge in [-0.3, -0.25) is 9.69 Å². The van der Waals surface area contributed by atoms with Gasteiger partial charge in [-0.25, -0.2) is 22.1 Å². The number of fused-ring (bicyclic) bond motifs is 1. The lowest BCUT2D eigenvalue weighted by atomic mass is 9.80. The van der Waals surface area contributed by atoms with Crippen LogP contribution < -0.4 is 9.04 Å². The molecule has 2 atom stereocenters. The minimum Gasteiger partial charge on any atom is -0.497 e. The molecule has 0 radical (unpaired) electrons. The van der Waals surface area contributed by atoms with Gasteiger partial charge in [-0.15, -0.1) is 0 Å². The van der Waals surface area contributed by atoms with Gasteiger partial charge < -0.3 is 14.1 Å². The topological polar surface area (TPSA) is 96.2 Å². The highest BCUT2D eigenvalue weighted by Crippen LogP contribution is 2.55. The van der Waals surface area contributed by atoms with Crippen molar-refractivity contribution in [2.45, 2.75) is 35.9 Å². The molecule has 4 aromatic rings. The van der Waals surface area contributed by atoms with Crippen molar-refractivity contribution < 1.29 is 26.8 Å². The first kappa shape index (κ1) is 29.3. The van der Waals surface area contributed by atoms with Gasteiger partial charge >= 0.3 is 0 Å². The lowest BCUT2D eigenvalue weighted by molar-refractivity contribution is -0.127. The zero-order valence-electron chi connectivity index (χ0n) is 23.8. The Bertz CT molecular complexity index is 1780. The van der Waals surface area contributed by atoms with E-state index in [-0.39, 0.29) is 26.7 Å². The zero-order valence-corrected chi connectivity index (χ0v) is 25.4. The number of amides is 1. The maximum atomic E-state index is 16.3. The van der Waals surface area contributed by atoms with E-state index in [0.29, 0.717) is 37.6 Å². The van der Waals surface area contributed by atoms with E-state index in [1.54, 1.807) is 18.2 Å². The Hall–Kier alpha value is -3.77. The van der Waals surface area contributed by atoms with Crippen molar-refractivity contribution in [2.24, 2.45) is 0 Å². The van der Waals surface area contributed by atoms with Crippen LogP contribution in [0.3, 0.4) is 0 Å². The van der Waals surface area contributed by atoms with Gasteiger partial charge in [0.15, 0.2) is 5.54 Å².